The Hall–Kier alpha value is -1.64. The van der Waals surface area contributed by atoms with Crippen LogP contribution in [0.15, 0.2) is 10.2 Å². The van der Waals surface area contributed by atoms with E-state index in [1.165, 1.54) is 0 Å². The van der Waals surface area contributed by atoms with Crippen LogP contribution in [0.2, 0.25) is 0 Å². The number of hydrogen-bond donors (Lipinski definition) is 1. The molecule has 1 N–H and O–H groups in total. The Balaban J connectivity index is 2.04. The number of hydrazone groups is 2. The van der Waals surface area contributed by atoms with Gasteiger partial charge in [0.15, 0.2) is 5.71 Å². The molecule has 0 aromatic rings. The van der Waals surface area contributed by atoms with Crippen molar-refractivity contribution < 1.29 is 22.7 Å². The van der Waals surface area contributed by atoms with E-state index >= 15 is 0 Å². The standard InChI is InChI=1S/C9H11F3N4O2/c10-9(11,12)7-6(8(17)15-14-7)5-13-16-1-3-18-4-2-16/h5-6H,1-4H2,(H,15,17). The fourth-order valence-electron chi connectivity index (χ4n) is 1.59. The summed E-state index contributed by atoms with van der Waals surface area (Å²) in [5.74, 6) is -2.30. The van der Waals surface area contributed by atoms with Crippen LogP contribution in [0.5, 0.6) is 0 Å². The predicted molar refractivity (Wildman–Crippen MR) is 56.0 cm³/mol. The quantitative estimate of drug-likeness (QED) is 0.712. The van der Waals surface area contributed by atoms with Gasteiger partial charge in [0.1, 0.15) is 5.92 Å². The number of ether oxygens (including phenoxy) is 1. The van der Waals surface area contributed by atoms with Crippen LogP contribution in [0.25, 0.3) is 0 Å². The minimum atomic E-state index is -4.64. The van der Waals surface area contributed by atoms with Gasteiger partial charge < -0.3 is 4.74 Å². The lowest BCUT2D eigenvalue weighted by molar-refractivity contribution is -0.121. The summed E-state index contributed by atoms with van der Waals surface area (Å²) in [6.07, 6.45) is -3.67. The van der Waals surface area contributed by atoms with Crippen LogP contribution in [-0.2, 0) is 9.53 Å². The molecule has 0 aromatic carbocycles. The van der Waals surface area contributed by atoms with Crippen LogP contribution in [0, 0.1) is 5.92 Å². The van der Waals surface area contributed by atoms with E-state index < -0.39 is 23.7 Å². The molecule has 2 aliphatic rings. The molecule has 2 heterocycles. The van der Waals surface area contributed by atoms with Crippen LogP contribution in [0.3, 0.4) is 0 Å². The van der Waals surface area contributed by atoms with Gasteiger partial charge in [-0.05, 0) is 0 Å². The van der Waals surface area contributed by atoms with Gasteiger partial charge in [0.05, 0.1) is 26.3 Å². The highest BCUT2D eigenvalue weighted by Gasteiger charge is 2.46. The zero-order valence-electron chi connectivity index (χ0n) is 9.28. The van der Waals surface area contributed by atoms with E-state index in [0.717, 1.165) is 6.21 Å². The molecule has 9 heteroatoms. The van der Waals surface area contributed by atoms with E-state index in [1.807, 2.05) is 5.43 Å². The maximum absolute atomic E-state index is 12.5. The molecule has 1 unspecified atom stereocenters. The van der Waals surface area contributed by atoms with Crippen LogP contribution in [-0.4, -0.2) is 55.3 Å². The summed E-state index contributed by atoms with van der Waals surface area (Å²) in [5, 5.41) is 8.42. The predicted octanol–water partition coefficient (Wildman–Crippen LogP) is -0.0313. The van der Waals surface area contributed by atoms with Crippen molar-refractivity contribution in [3.05, 3.63) is 0 Å². The largest absolute Gasteiger partial charge is 0.432 e. The average molecular weight is 264 g/mol. The average Bonchev–Trinajstić information content (AvgIpc) is 2.69. The zero-order chi connectivity index (χ0) is 13.2. The van der Waals surface area contributed by atoms with E-state index in [-0.39, 0.29) is 0 Å². The maximum atomic E-state index is 12.5. The number of alkyl halides is 3. The zero-order valence-corrected chi connectivity index (χ0v) is 9.28. The third kappa shape index (κ3) is 2.78. The van der Waals surface area contributed by atoms with Crippen molar-refractivity contribution in [2.75, 3.05) is 26.3 Å². The van der Waals surface area contributed by atoms with Gasteiger partial charge in [-0.1, -0.05) is 0 Å². The first-order valence-corrected chi connectivity index (χ1v) is 5.30. The first-order chi connectivity index (χ1) is 8.48. The van der Waals surface area contributed by atoms with Gasteiger partial charge in [-0.15, -0.1) is 0 Å². The molecule has 0 radical (unpaired) electrons. The highest BCUT2D eigenvalue weighted by atomic mass is 19.4. The molecule has 2 aliphatic heterocycles. The number of carbonyl (C=O) groups excluding carboxylic acids is 1. The third-order valence-electron chi connectivity index (χ3n) is 2.52. The molecular formula is C9H11F3N4O2. The molecular weight excluding hydrogens is 253 g/mol. The topological polar surface area (TPSA) is 66.3 Å². The summed E-state index contributed by atoms with van der Waals surface area (Å²) < 4.78 is 42.7. The van der Waals surface area contributed by atoms with Gasteiger partial charge in [0, 0.05) is 6.21 Å². The molecule has 1 fully saturated rings. The smallest absolute Gasteiger partial charge is 0.378 e. The van der Waals surface area contributed by atoms with Crippen molar-refractivity contribution in [1.82, 2.24) is 10.4 Å². The molecule has 0 aromatic heterocycles. The minimum absolute atomic E-state index is 0.467. The van der Waals surface area contributed by atoms with Crippen LogP contribution < -0.4 is 5.43 Å². The lowest BCUT2D eigenvalue weighted by Crippen LogP contribution is -2.36. The molecule has 6 nitrogen and oxygen atoms in total. The molecule has 0 aliphatic carbocycles. The number of carbonyl (C=O) groups is 1. The molecule has 0 saturated carbocycles. The van der Waals surface area contributed by atoms with Crippen molar-refractivity contribution in [2.45, 2.75) is 6.18 Å². The van der Waals surface area contributed by atoms with E-state index in [0.29, 0.717) is 26.3 Å². The Kier molecular flexibility index (Phi) is 3.50. The Bertz CT molecular complexity index is 388. The molecule has 0 bridgehead atoms. The van der Waals surface area contributed by atoms with Crippen molar-refractivity contribution >= 4 is 17.8 Å². The number of rotatable bonds is 2. The fraction of sp³-hybridized carbons (Fsp3) is 0.667. The van der Waals surface area contributed by atoms with Gasteiger partial charge in [-0.3, -0.25) is 9.80 Å². The molecule has 1 atom stereocenters. The third-order valence-corrected chi connectivity index (χ3v) is 2.52. The number of morpholine rings is 1. The van der Waals surface area contributed by atoms with E-state index in [9.17, 15) is 18.0 Å². The first-order valence-electron chi connectivity index (χ1n) is 5.30. The van der Waals surface area contributed by atoms with Crippen molar-refractivity contribution in [3.63, 3.8) is 0 Å². The van der Waals surface area contributed by atoms with Crippen molar-refractivity contribution in [2.24, 2.45) is 16.1 Å². The van der Waals surface area contributed by atoms with E-state index in [4.69, 9.17) is 4.74 Å². The Morgan fingerprint density at radius 2 is 2.11 bits per heavy atom. The van der Waals surface area contributed by atoms with E-state index in [2.05, 4.69) is 10.2 Å². The van der Waals surface area contributed by atoms with Gasteiger partial charge >= 0.3 is 6.18 Å². The molecule has 2 rings (SSSR count). The second-order valence-corrected chi connectivity index (χ2v) is 3.78. The lowest BCUT2D eigenvalue weighted by Gasteiger charge is -2.24. The second-order valence-electron chi connectivity index (χ2n) is 3.78. The second kappa shape index (κ2) is 4.92. The van der Waals surface area contributed by atoms with Crippen molar-refractivity contribution in [1.29, 1.82) is 0 Å². The summed E-state index contributed by atoms with van der Waals surface area (Å²) in [6, 6.07) is 0. The Morgan fingerprint density at radius 1 is 1.44 bits per heavy atom. The summed E-state index contributed by atoms with van der Waals surface area (Å²) >= 11 is 0. The lowest BCUT2D eigenvalue weighted by atomic mass is 10.1. The van der Waals surface area contributed by atoms with Gasteiger partial charge in [0.25, 0.3) is 5.91 Å². The molecule has 18 heavy (non-hydrogen) atoms. The Morgan fingerprint density at radius 3 is 2.72 bits per heavy atom. The van der Waals surface area contributed by atoms with Crippen LogP contribution >= 0.6 is 0 Å². The Labute approximate surface area is 100 Å². The highest BCUT2D eigenvalue weighted by molar-refractivity contribution is 6.20. The molecule has 1 amide bonds. The number of halogens is 3. The van der Waals surface area contributed by atoms with E-state index in [1.54, 1.807) is 5.01 Å². The summed E-state index contributed by atoms with van der Waals surface area (Å²) in [7, 11) is 0. The maximum Gasteiger partial charge on any atom is 0.432 e. The van der Waals surface area contributed by atoms with Gasteiger partial charge in [0.2, 0.25) is 0 Å². The van der Waals surface area contributed by atoms with Gasteiger partial charge in [-0.2, -0.15) is 23.4 Å². The minimum Gasteiger partial charge on any atom is -0.378 e. The van der Waals surface area contributed by atoms with Crippen molar-refractivity contribution in [3.8, 4) is 0 Å². The highest BCUT2D eigenvalue weighted by Crippen LogP contribution is 2.24. The van der Waals surface area contributed by atoms with Crippen LogP contribution in [0.4, 0.5) is 13.2 Å². The number of hydrogen-bond acceptors (Lipinski definition) is 5. The molecule has 100 valence electrons. The normalized spacial score (nSPS) is 25.5. The molecule has 1 saturated heterocycles. The fourth-order valence-corrected chi connectivity index (χ4v) is 1.59. The number of nitrogens with zero attached hydrogens (tertiary/aromatic N) is 3. The van der Waals surface area contributed by atoms with Gasteiger partial charge in [-0.25, -0.2) is 5.43 Å². The summed E-state index contributed by atoms with van der Waals surface area (Å²) in [6.45, 7) is 1.91. The van der Waals surface area contributed by atoms with Crippen LogP contribution in [0.1, 0.15) is 0 Å². The molecule has 0 spiro atoms. The number of amides is 1. The SMILES string of the molecule is O=C1NN=C(C(F)(F)F)C1C=NN1CCOCC1. The summed E-state index contributed by atoms with van der Waals surface area (Å²) in [5.41, 5.74) is 0.646. The first kappa shape index (κ1) is 12.8. The summed E-state index contributed by atoms with van der Waals surface area (Å²) in [4.78, 5) is 11.2. The number of nitrogens with one attached hydrogen (secondary N) is 1. The monoisotopic (exact) mass is 264 g/mol.